The number of carbonyl (C=O) groups excluding carboxylic acids is 1. The summed E-state index contributed by atoms with van der Waals surface area (Å²) in [6.07, 6.45) is -0.591. The lowest BCUT2D eigenvalue weighted by atomic mass is 9.80. The maximum absolute atomic E-state index is 12.1. The maximum Gasteiger partial charge on any atom is 0.223 e. The van der Waals surface area contributed by atoms with Crippen molar-refractivity contribution in [3.05, 3.63) is 40.4 Å². The summed E-state index contributed by atoms with van der Waals surface area (Å²) in [7, 11) is 1.53. The van der Waals surface area contributed by atoms with Crippen LogP contribution in [0.5, 0.6) is 0 Å². The fraction of sp³-hybridized carbons (Fsp3) is 0.333. The minimum Gasteiger partial charge on any atom is -0.357 e. The van der Waals surface area contributed by atoms with Crippen LogP contribution >= 0.6 is 15.9 Å². The Labute approximate surface area is 126 Å². The van der Waals surface area contributed by atoms with Crippen molar-refractivity contribution < 1.29 is 9.53 Å². The molecule has 5 heteroatoms. The SMILES string of the molecule is COC1/C(=C/Br)c2ccccc2[C@](C)(C#N)N1C(C)=O. The zero-order valence-electron chi connectivity index (χ0n) is 11.6. The molecule has 1 aromatic rings. The van der Waals surface area contributed by atoms with E-state index < -0.39 is 11.8 Å². The van der Waals surface area contributed by atoms with Gasteiger partial charge in [0.15, 0.2) is 11.8 Å². The number of methoxy groups -OCH3 is 1. The molecular weight excluding hydrogens is 320 g/mol. The number of ether oxygens (including phenoxy) is 1. The largest absolute Gasteiger partial charge is 0.357 e. The van der Waals surface area contributed by atoms with E-state index in [1.807, 2.05) is 24.3 Å². The van der Waals surface area contributed by atoms with Gasteiger partial charge in [0.1, 0.15) is 0 Å². The zero-order valence-corrected chi connectivity index (χ0v) is 13.1. The molecule has 0 N–H and O–H groups in total. The normalized spacial score (nSPS) is 27.1. The highest BCUT2D eigenvalue weighted by molar-refractivity contribution is 9.11. The molecule has 0 spiro atoms. The second-order valence-electron chi connectivity index (χ2n) is 4.77. The van der Waals surface area contributed by atoms with Crippen LogP contribution in [0.15, 0.2) is 29.3 Å². The predicted molar refractivity (Wildman–Crippen MR) is 79.6 cm³/mol. The van der Waals surface area contributed by atoms with Crippen LogP contribution in [0.25, 0.3) is 5.57 Å². The molecule has 0 aromatic heterocycles. The second-order valence-corrected chi connectivity index (χ2v) is 5.23. The van der Waals surface area contributed by atoms with Crippen molar-refractivity contribution in [1.29, 1.82) is 5.26 Å². The standard InChI is InChI=1S/C15H15BrN2O2/c1-10(19)18-14(20-3)12(8-16)11-6-4-5-7-13(11)15(18,2)9-17/h4-8,14H,1-3H3/b12-8+/t14?,15-/m0/s1. The topological polar surface area (TPSA) is 53.3 Å². The Morgan fingerprint density at radius 3 is 2.70 bits per heavy atom. The second kappa shape index (κ2) is 5.39. The number of fused-ring (bicyclic) bond motifs is 1. The Kier molecular flexibility index (Phi) is 3.98. The predicted octanol–water partition coefficient (Wildman–Crippen LogP) is 3.00. The first-order chi connectivity index (χ1) is 9.51. The van der Waals surface area contributed by atoms with E-state index >= 15 is 0 Å². The average Bonchev–Trinajstić information content (AvgIpc) is 2.46. The quantitative estimate of drug-likeness (QED) is 0.793. The van der Waals surface area contributed by atoms with Gasteiger partial charge in [-0.2, -0.15) is 5.26 Å². The van der Waals surface area contributed by atoms with Crippen LogP contribution in [0.3, 0.4) is 0 Å². The molecule has 1 amide bonds. The third kappa shape index (κ3) is 1.96. The smallest absolute Gasteiger partial charge is 0.223 e. The van der Waals surface area contributed by atoms with E-state index in [-0.39, 0.29) is 5.91 Å². The van der Waals surface area contributed by atoms with E-state index in [2.05, 4.69) is 22.0 Å². The molecular formula is C15H15BrN2O2. The molecule has 0 saturated carbocycles. The van der Waals surface area contributed by atoms with Gasteiger partial charge in [-0.3, -0.25) is 9.69 Å². The van der Waals surface area contributed by atoms with Crippen LogP contribution in [-0.4, -0.2) is 24.1 Å². The number of hydrogen-bond donors (Lipinski definition) is 0. The molecule has 1 heterocycles. The molecule has 104 valence electrons. The minimum absolute atomic E-state index is 0.206. The Hall–Kier alpha value is -1.64. The van der Waals surface area contributed by atoms with E-state index in [1.54, 1.807) is 11.9 Å². The van der Waals surface area contributed by atoms with Gasteiger partial charge >= 0.3 is 0 Å². The molecule has 1 aliphatic rings. The zero-order chi connectivity index (χ0) is 14.9. The summed E-state index contributed by atoms with van der Waals surface area (Å²) >= 11 is 3.34. The summed E-state index contributed by atoms with van der Waals surface area (Å²) in [4.78, 5) is 15.3. The van der Waals surface area contributed by atoms with E-state index in [0.29, 0.717) is 0 Å². The molecule has 1 aliphatic heterocycles. The Bertz CT molecular complexity index is 621. The summed E-state index contributed by atoms with van der Waals surface area (Å²) in [5.74, 6) is -0.206. The first kappa shape index (κ1) is 14.8. The van der Waals surface area contributed by atoms with Crippen molar-refractivity contribution in [3.8, 4) is 6.07 Å². The molecule has 1 aromatic carbocycles. The van der Waals surface area contributed by atoms with Crippen molar-refractivity contribution >= 4 is 27.4 Å². The third-order valence-electron chi connectivity index (χ3n) is 3.64. The van der Waals surface area contributed by atoms with Gasteiger partial charge in [0.05, 0.1) is 6.07 Å². The number of nitriles is 1. The molecule has 0 aliphatic carbocycles. The van der Waals surface area contributed by atoms with Gasteiger partial charge in [0.25, 0.3) is 0 Å². The number of benzene rings is 1. The number of hydrogen-bond acceptors (Lipinski definition) is 3. The van der Waals surface area contributed by atoms with Crippen LogP contribution in [0.2, 0.25) is 0 Å². The van der Waals surface area contributed by atoms with Gasteiger partial charge in [-0.25, -0.2) is 0 Å². The highest BCUT2D eigenvalue weighted by atomic mass is 79.9. The molecule has 20 heavy (non-hydrogen) atoms. The van der Waals surface area contributed by atoms with Crippen LogP contribution in [0.4, 0.5) is 0 Å². The summed E-state index contributed by atoms with van der Waals surface area (Å²) in [6, 6.07) is 9.84. The van der Waals surface area contributed by atoms with Gasteiger partial charge in [-0.15, -0.1) is 0 Å². The summed E-state index contributed by atoms with van der Waals surface area (Å²) in [5, 5.41) is 9.66. The number of halogens is 1. The van der Waals surface area contributed by atoms with Crippen molar-refractivity contribution in [2.24, 2.45) is 0 Å². The number of amides is 1. The van der Waals surface area contributed by atoms with Crippen LogP contribution in [0, 0.1) is 11.3 Å². The Balaban J connectivity index is 2.81. The number of carbonyl (C=O) groups is 1. The molecule has 2 rings (SSSR count). The van der Waals surface area contributed by atoms with Crippen molar-refractivity contribution in [2.75, 3.05) is 7.11 Å². The van der Waals surface area contributed by atoms with E-state index in [9.17, 15) is 10.1 Å². The van der Waals surface area contributed by atoms with E-state index in [0.717, 1.165) is 16.7 Å². The number of nitrogens with zero attached hydrogens (tertiary/aromatic N) is 2. The number of rotatable bonds is 1. The van der Waals surface area contributed by atoms with Gasteiger partial charge in [0, 0.05) is 19.6 Å². The molecule has 2 atom stereocenters. The highest BCUT2D eigenvalue weighted by Gasteiger charge is 2.47. The van der Waals surface area contributed by atoms with Gasteiger partial charge in [-0.1, -0.05) is 40.2 Å². The molecule has 0 saturated heterocycles. The Morgan fingerprint density at radius 2 is 2.20 bits per heavy atom. The summed E-state index contributed by atoms with van der Waals surface area (Å²) < 4.78 is 5.48. The van der Waals surface area contributed by atoms with Crippen molar-refractivity contribution in [2.45, 2.75) is 25.6 Å². The van der Waals surface area contributed by atoms with Crippen LogP contribution in [-0.2, 0) is 15.1 Å². The van der Waals surface area contributed by atoms with Crippen molar-refractivity contribution in [3.63, 3.8) is 0 Å². The Morgan fingerprint density at radius 1 is 1.55 bits per heavy atom. The molecule has 0 bridgehead atoms. The molecule has 4 nitrogen and oxygen atoms in total. The highest BCUT2D eigenvalue weighted by Crippen LogP contribution is 2.43. The fourth-order valence-corrected chi connectivity index (χ4v) is 3.21. The molecule has 0 radical (unpaired) electrons. The first-order valence-corrected chi connectivity index (χ1v) is 7.07. The lowest BCUT2D eigenvalue weighted by Crippen LogP contribution is -2.55. The van der Waals surface area contributed by atoms with Crippen LogP contribution in [0.1, 0.15) is 25.0 Å². The van der Waals surface area contributed by atoms with Gasteiger partial charge in [-0.05, 0) is 23.0 Å². The van der Waals surface area contributed by atoms with Gasteiger partial charge in [0.2, 0.25) is 5.91 Å². The van der Waals surface area contributed by atoms with E-state index in [1.165, 1.54) is 18.9 Å². The van der Waals surface area contributed by atoms with Crippen LogP contribution < -0.4 is 0 Å². The van der Waals surface area contributed by atoms with Gasteiger partial charge < -0.3 is 4.74 Å². The maximum atomic E-state index is 12.1. The lowest BCUT2D eigenvalue weighted by Gasteiger charge is -2.46. The minimum atomic E-state index is -1.05. The average molecular weight is 335 g/mol. The third-order valence-corrected chi connectivity index (χ3v) is 4.14. The lowest BCUT2D eigenvalue weighted by molar-refractivity contribution is -0.145. The summed E-state index contributed by atoms with van der Waals surface area (Å²) in [5.41, 5.74) is 1.49. The summed E-state index contributed by atoms with van der Waals surface area (Å²) in [6.45, 7) is 3.19. The fourth-order valence-electron chi connectivity index (χ4n) is 2.73. The first-order valence-electron chi connectivity index (χ1n) is 6.15. The molecule has 0 fully saturated rings. The van der Waals surface area contributed by atoms with Crippen molar-refractivity contribution in [1.82, 2.24) is 4.90 Å². The monoisotopic (exact) mass is 334 g/mol. The molecule has 1 unspecified atom stereocenters. The van der Waals surface area contributed by atoms with E-state index in [4.69, 9.17) is 4.74 Å².